The summed E-state index contributed by atoms with van der Waals surface area (Å²) in [5.74, 6) is -1.28. The molecule has 2 heterocycles. The number of hydrogen-bond acceptors (Lipinski definition) is 5. The Morgan fingerprint density at radius 1 is 1.52 bits per heavy atom. The molecule has 116 valence electrons. The molecule has 2 rings (SSSR count). The maximum Gasteiger partial charge on any atom is 0.332 e. The van der Waals surface area contributed by atoms with Crippen molar-refractivity contribution in [1.29, 1.82) is 0 Å². The van der Waals surface area contributed by atoms with E-state index in [0.29, 0.717) is 19.3 Å². The third-order valence-electron chi connectivity index (χ3n) is 3.78. The molecule has 6 nitrogen and oxygen atoms in total. The average molecular weight is 312 g/mol. The number of amides is 1. The van der Waals surface area contributed by atoms with Crippen molar-refractivity contribution in [1.82, 2.24) is 10.3 Å². The molecule has 1 aromatic heterocycles. The zero-order chi connectivity index (χ0) is 15.6. The topological polar surface area (TPSA) is 88.5 Å². The molecule has 1 aliphatic heterocycles. The standard InChI is InChI=1S/C14H20N2O4S/c1-4-14(3,13-15-8(2)7-21-13)16-11(17)9-5-6-10(20-9)12(18)19/h7,9-10H,4-6H2,1-3H3,(H,16,17)(H,18,19)/t9-,10+,14?/m0/s1. The Labute approximate surface area is 127 Å². The average Bonchev–Trinajstić information content (AvgIpc) is 3.07. The summed E-state index contributed by atoms with van der Waals surface area (Å²) in [7, 11) is 0. The van der Waals surface area contributed by atoms with Gasteiger partial charge in [-0.15, -0.1) is 11.3 Å². The number of ether oxygens (including phenoxy) is 1. The van der Waals surface area contributed by atoms with E-state index >= 15 is 0 Å². The maximum absolute atomic E-state index is 12.3. The molecule has 1 aromatic rings. The minimum atomic E-state index is -1.01. The number of carboxylic acid groups (broad SMARTS) is 1. The molecule has 1 amide bonds. The van der Waals surface area contributed by atoms with Crippen molar-refractivity contribution in [3.05, 3.63) is 16.1 Å². The first kappa shape index (κ1) is 15.9. The van der Waals surface area contributed by atoms with Crippen molar-refractivity contribution in [3.8, 4) is 0 Å². The maximum atomic E-state index is 12.3. The molecule has 1 unspecified atom stereocenters. The third kappa shape index (κ3) is 3.41. The largest absolute Gasteiger partial charge is 0.479 e. The predicted octanol–water partition coefficient (Wildman–Crippen LogP) is 1.83. The highest BCUT2D eigenvalue weighted by Gasteiger charge is 2.38. The Kier molecular flexibility index (Phi) is 4.63. The van der Waals surface area contributed by atoms with Crippen LogP contribution in [-0.4, -0.2) is 34.2 Å². The Hall–Kier alpha value is -1.47. The summed E-state index contributed by atoms with van der Waals surface area (Å²) in [5.41, 5.74) is 0.368. The van der Waals surface area contributed by atoms with Crippen LogP contribution in [0.2, 0.25) is 0 Å². The number of carboxylic acids is 1. The Morgan fingerprint density at radius 3 is 2.67 bits per heavy atom. The van der Waals surface area contributed by atoms with E-state index in [1.165, 1.54) is 11.3 Å². The van der Waals surface area contributed by atoms with E-state index in [1.807, 2.05) is 26.2 Å². The molecule has 7 heteroatoms. The number of nitrogens with one attached hydrogen (secondary N) is 1. The summed E-state index contributed by atoms with van der Waals surface area (Å²) in [6.45, 7) is 5.81. The molecule has 1 fully saturated rings. The van der Waals surface area contributed by atoms with E-state index in [1.54, 1.807) is 0 Å². The van der Waals surface area contributed by atoms with Crippen molar-refractivity contribution in [3.63, 3.8) is 0 Å². The lowest BCUT2D eigenvalue weighted by atomic mass is 9.99. The summed E-state index contributed by atoms with van der Waals surface area (Å²) in [6, 6.07) is 0. The molecule has 1 aliphatic rings. The molecule has 0 spiro atoms. The lowest BCUT2D eigenvalue weighted by molar-refractivity contribution is -0.152. The van der Waals surface area contributed by atoms with Crippen molar-refractivity contribution in [2.24, 2.45) is 0 Å². The summed E-state index contributed by atoms with van der Waals surface area (Å²) in [5, 5.41) is 14.7. The van der Waals surface area contributed by atoms with Gasteiger partial charge in [-0.25, -0.2) is 9.78 Å². The zero-order valence-electron chi connectivity index (χ0n) is 12.4. The van der Waals surface area contributed by atoms with Crippen molar-refractivity contribution in [2.45, 2.75) is 57.8 Å². The van der Waals surface area contributed by atoms with Crippen LogP contribution in [-0.2, 0) is 19.9 Å². The summed E-state index contributed by atoms with van der Waals surface area (Å²) >= 11 is 1.51. The van der Waals surface area contributed by atoms with E-state index in [-0.39, 0.29) is 5.91 Å². The van der Waals surface area contributed by atoms with Gasteiger partial charge in [0.2, 0.25) is 5.91 Å². The van der Waals surface area contributed by atoms with Gasteiger partial charge in [0.05, 0.1) is 5.54 Å². The van der Waals surface area contributed by atoms with Crippen LogP contribution in [0.4, 0.5) is 0 Å². The van der Waals surface area contributed by atoms with Crippen LogP contribution < -0.4 is 5.32 Å². The smallest absolute Gasteiger partial charge is 0.332 e. The molecule has 0 saturated carbocycles. The third-order valence-corrected chi connectivity index (χ3v) is 5.01. The molecular formula is C14H20N2O4S. The van der Waals surface area contributed by atoms with Crippen LogP contribution in [0.3, 0.4) is 0 Å². The van der Waals surface area contributed by atoms with Gasteiger partial charge in [-0.1, -0.05) is 6.92 Å². The molecule has 3 atom stereocenters. The van der Waals surface area contributed by atoms with Crippen LogP contribution in [0.15, 0.2) is 5.38 Å². The minimum absolute atomic E-state index is 0.268. The molecule has 0 bridgehead atoms. The molecule has 2 N–H and O–H groups in total. The molecule has 1 saturated heterocycles. The van der Waals surface area contributed by atoms with Gasteiger partial charge in [0.15, 0.2) is 6.10 Å². The van der Waals surface area contributed by atoms with Crippen LogP contribution in [0.5, 0.6) is 0 Å². The van der Waals surface area contributed by atoms with Gasteiger partial charge in [0, 0.05) is 11.1 Å². The Bertz CT molecular complexity index is 545. The zero-order valence-corrected chi connectivity index (χ0v) is 13.2. The van der Waals surface area contributed by atoms with Crippen LogP contribution >= 0.6 is 11.3 Å². The molecule has 21 heavy (non-hydrogen) atoms. The van der Waals surface area contributed by atoms with Crippen molar-refractivity contribution >= 4 is 23.2 Å². The fraction of sp³-hybridized carbons (Fsp3) is 0.643. The van der Waals surface area contributed by atoms with E-state index in [0.717, 1.165) is 10.7 Å². The van der Waals surface area contributed by atoms with Gasteiger partial charge in [-0.05, 0) is 33.1 Å². The number of aryl methyl sites for hydroxylation is 1. The number of aliphatic carboxylic acids is 1. The highest BCUT2D eigenvalue weighted by molar-refractivity contribution is 7.09. The number of aromatic nitrogens is 1. The first-order valence-corrected chi connectivity index (χ1v) is 7.86. The number of hydrogen-bond donors (Lipinski definition) is 2. The fourth-order valence-electron chi connectivity index (χ4n) is 2.26. The van der Waals surface area contributed by atoms with Crippen molar-refractivity contribution < 1.29 is 19.4 Å². The van der Waals surface area contributed by atoms with Crippen molar-refractivity contribution in [2.75, 3.05) is 0 Å². The van der Waals surface area contributed by atoms with E-state index in [9.17, 15) is 9.59 Å². The molecule has 0 radical (unpaired) electrons. The van der Waals surface area contributed by atoms with E-state index in [2.05, 4.69) is 10.3 Å². The first-order valence-electron chi connectivity index (χ1n) is 6.98. The number of thiazole rings is 1. The fourth-order valence-corrected chi connectivity index (χ4v) is 3.25. The van der Waals surface area contributed by atoms with Crippen LogP contribution in [0.25, 0.3) is 0 Å². The van der Waals surface area contributed by atoms with Gasteiger partial charge in [-0.2, -0.15) is 0 Å². The summed E-state index contributed by atoms with van der Waals surface area (Å²) in [4.78, 5) is 27.6. The van der Waals surface area contributed by atoms with E-state index < -0.39 is 23.7 Å². The van der Waals surface area contributed by atoms with Gasteiger partial charge in [0.25, 0.3) is 0 Å². The quantitative estimate of drug-likeness (QED) is 0.866. The molecular weight excluding hydrogens is 292 g/mol. The normalized spacial score (nSPS) is 24.5. The first-order chi connectivity index (χ1) is 9.85. The lowest BCUT2D eigenvalue weighted by Gasteiger charge is -2.28. The number of carbonyl (C=O) groups excluding carboxylic acids is 1. The van der Waals surface area contributed by atoms with Crippen LogP contribution in [0, 0.1) is 6.92 Å². The highest BCUT2D eigenvalue weighted by Crippen LogP contribution is 2.29. The van der Waals surface area contributed by atoms with Gasteiger partial charge in [-0.3, -0.25) is 4.79 Å². The van der Waals surface area contributed by atoms with Gasteiger partial charge >= 0.3 is 5.97 Å². The molecule has 0 aliphatic carbocycles. The van der Waals surface area contributed by atoms with Gasteiger partial charge in [0.1, 0.15) is 11.1 Å². The SMILES string of the molecule is CCC(C)(NC(=O)[C@@H]1CC[C@H](C(=O)O)O1)c1nc(C)cs1. The highest BCUT2D eigenvalue weighted by atomic mass is 32.1. The Morgan fingerprint density at radius 2 is 2.19 bits per heavy atom. The molecule has 0 aromatic carbocycles. The number of carbonyl (C=O) groups is 2. The lowest BCUT2D eigenvalue weighted by Crippen LogP contribution is -2.47. The van der Waals surface area contributed by atoms with Gasteiger partial charge < -0.3 is 15.2 Å². The predicted molar refractivity (Wildman–Crippen MR) is 78.2 cm³/mol. The monoisotopic (exact) mass is 312 g/mol. The second-order valence-corrected chi connectivity index (χ2v) is 6.36. The minimum Gasteiger partial charge on any atom is -0.479 e. The second kappa shape index (κ2) is 6.11. The van der Waals surface area contributed by atoms with E-state index in [4.69, 9.17) is 9.84 Å². The Balaban J connectivity index is 2.05. The second-order valence-electron chi connectivity index (χ2n) is 5.50. The number of rotatable bonds is 5. The number of nitrogens with zero attached hydrogens (tertiary/aromatic N) is 1. The summed E-state index contributed by atoms with van der Waals surface area (Å²) in [6.07, 6.45) is -0.0823. The van der Waals surface area contributed by atoms with Crippen LogP contribution in [0.1, 0.15) is 43.8 Å². The summed E-state index contributed by atoms with van der Waals surface area (Å²) < 4.78 is 5.29.